The van der Waals surface area contributed by atoms with Crippen molar-refractivity contribution in [2.75, 3.05) is 0 Å². The molecule has 4 aromatic rings. The number of H-pyrrole nitrogens is 1. The number of hydrogen-bond donors (Lipinski definition) is 2. The summed E-state index contributed by atoms with van der Waals surface area (Å²) in [6, 6.07) is 19.6. The summed E-state index contributed by atoms with van der Waals surface area (Å²) in [6.07, 6.45) is 2.46. The molecule has 0 aliphatic carbocycles. The molecule has 6 heteroatoms. The Labute approximate surface area is 174 Å². The van der Waals surface area contributed by atoms with Gasteiger partial charge in [0, 0.05) is 12.8 Å². The Morgan fingerprint density at radius 2 is 1.87 bits per heavy atom. The molecule has 0 saturated heterocycles. The molecular formula is C24H22FN3O2. The quantitative estimate of drug-likeness (QED) is 0.441. The van der Waals surface area contributed by atoms with Crippen LogP contribution in [-0.2, 0) is 11.2 Å². The maximum atomic E-state index is 13.9. The van der Waals surface area contributed by atoms with Crippen molar-refractivity contribution >= 4 is 5.91 Å². The number of carbonyl (C=O) groups is 1. The van der Waals surface area contributed by atoms with Gasteiger partial charge < -0.3 is 14.7 Å². The van der Waals surface area contributed by atoms with Crippen LogP contribution in [0.4, 0.5) is 4.39 Å². The zero-order chi connectivity index (χ0) is 20.9. The summed E-state index contributed by atoms with van der Waals surface area (Å²) in [5, 5.41) is 2.94. The van der Waals surface area contributed by atoms with Gasteiger partial charge in [0.05, 0.1) is 23.5 Å². The fraction of sp³-hybridized carbons (Fsp3) is 0.167. The Bertz CT molecular complexity index is 1130. The molecule has 0 saturated carbocycles. The minimum Gasteiger partial charge on any atom is -0.461 e. The lowest BCUT2D eigenvalue weighted by Crippen LogP contribution is -2.27. The van der Waals surface area contributed by atoms with Crippen LogP contribution in [0.2, 0.25) is 0 Å². The van der Waals surface area contributed by atoms with Gasteiger partial charge in [0.25, 0.3) is 0 Å². The molecule has 2 heterocycles. The third-order valence-electron chi connectivity index (χ3n) is 4.87. The Hall–Kier alpha value is -3.67. The number of halogens is 1. The lowest BCUT2D eigenvalue weighted by molar-refractivity contribution is -0.121. The van der Waals surface area contributed by atoms with E-state index in [0.29, 0.717) is 29.3 Å². The number of carbonyl (C=O) groups excluding carboxylic acids is 1. The van der Waals surface area contributed by atoms with Gasteiger partial charge in [-0.05, 0) is 36.8 Å². The SMILES string of the molecule is CC(NC(=O)CCc1ccc(-c2ccccc2F)o1)c1ncc(-c2ccccc2)[nH]1. The first-order valence-corrected chi connectivity index (χ1v) is 9.83. The minimum atomic E-state index is -0.335. The van der Waals surface area contributed by atoms with Gasteiger partial charge in [0.1, 0.15) is 23.2 Å². The number of aryl methyl sites for hydroxylation is 1. The lowest BCUT2D eigenvalue weighted by atomic mass is 10.1. The van der Waals surface area contributed by atoms with Gasteiger partial charge >= 0.3 is 0 Å². The maximum absolute atomic E-state index is 13.9. The number of hydrogen-bond acceptors (Lipinski definition) is 3. The Morgan fingerprint density at radius 1 is 1.10 bits per heavy atom. The minimum absolute atomic E-state index is 0.107. The van der Waals surface area contributed by atoms with E-state index in [9.17, 15) is 9.18 Å². The fourth-order valence-corrected chi connectivity index (χ4v) is 3.26. The van der Waals surface area contributed by atoms with Crippen LogP contribution in [0.3, 0.4) is 0 Å². The third kappa shape index (κ3) is 4.49. The number of nitrogens with zero attached hydrogens (tertiary/aromatic N) is 1. The second-order valence-electron chi connectivity index (χ2n) is 7.08. The number of furan rings is 1. The molecule has 0 radical (unpaired) electrons. The van der Waals surface area contributed by atoms with Gasteiger partial charge in [-0.3, -0.25) is 4.79 Å². The van der Waals surface area contributed by atoms with E-state index < -0.39 is 0 Å². The van der Waals surface area contributed by atoms with E-state index in [-0.39, 0.29) is 24.2 Å². The number of imidazole rings is 1. The highest BCUT2D eigenvalue weighted by Crippen LogP contribution is 2.25. The van der Waals surface area contributed by atoms with E-state index in [1.165, 1.54) is 6.07 Å². The molecule has 2 aromatic heterocycles. The highest BCUT2D eigenvalue weighted by molar-refractivity contribution is 5.76. The van der Waals surface area contributed by atoms with Crippen molar-refractivity contribution in [3.63, 3.8) is 0 Å². The Morgan fingerprint density at radius 3 is 2.67 bits per heavy atom. The maximum Gasteiger partial charge on any atom is 0.221 e. The Kier molecular flexibility index (Phi) is 5.75. The van der Waals surface area contributed by atoms with Gasteiger partial charge in [-0.2, -0.15) is 0 Å². The summed E-state index contributed by atoms with van der Waals surface area (Å²) in [5.41, 5.74) is 2.36. The molecule has 1 atom stereocenters. The van der Waals surface area contributed by atoms with Crippen molar-refractivity contribution in [3.05, 3.63) is 90.3 Å². The van der Waals surface area contributed by atoms with E-state index in [4.69, 9.17) is 4.42 Å². The van der Waals surface area contributed by atoms with Crippen LogP contribution in [0.15, 0.2) is 77.3 Å². The van der Waals surface area contributed by atoms with E-state index >= 15 is 0 Å². The first-order valence-electron chi connectivity index (χ1n) is 9.83. The predicted molar refractivity (Wildman–Crippen MR) is 113 cm³/mol. The average molecular weight is 403 g/mol. The summed E-state index contributed by atoms with van der Waals surface area (Å²) in [5.74, 6) is 1.35. The molecule has 0 aliphatic rings. The summed E-state index contributed by atoms with van der Waals surface area (Å²) >= 11 is 0. The van der Waals surface area contributed by atoms with Gasteiger partial charge in [-0.25, -0.2) is 9.37 Å². The van der Waals surface area contributed by atoms with Crippen LogP contribution in [-0.4, -0.2) is 15.9 Å². The summed E-state index contributed by atoms with van der Waals surface area (Å²) in [4.78, 5) is 20.0. The molecular weight excluding hydrogens is 381 g/mol. The monoisotopic (exact) mass is 403 g/mol. The van der Waals surface area contributed by atoms with Gasteiger partial charge in [0.2, 0.25) is 5.91 Å². The molecule has 5 nitrogen and oxygen atoms in total. The number of aromatic amines is 1. The van der Waals surface area contributed by atoms with E-state index in [1.807, 2.05) is 37.3 Å². The summed E-state index contributed by atoms with van der Waals surface area (Å²) in [7, 11) is 0. The number of rotatable bonds is 7. The van der Waals surface area contributed by atoms with Crippen LogP contribution < -0.4 is 5.32 Å². The van der Waals surface area contributed by atoms with Crippen LogP contribution in [0.1, 0.15) is 31.0 Å². The predicted octanol–water partition coefficient (Wildman–Crippen LogP) is 5.29. The van der Waals surface area contributed by atoms with Crippen LogP contribution >= 0.6 is 0 Å². The second kappa shape index (κ2) is 8.78. The summed E-state index contributed by atoms with van der Waals surface area (Å²) < 4.78 is 19.6. The average Bonchev–Trinajstić information content (AvgIpc) is 3.43. The van der Waals surface area contributed by atoms with Crippen LogP contribution in [0.25, 0.3) is 22.6 Å². The molecule has 1 unspecified atom stereocenters. The number of benzene rings is 2. The molecule has 1 amide bonds. The van der Waals surface area contributed by atoms with Crippen molar-refractivity contribution in [1.82, 2.24) is 15.3 Å². The molecule has 0 spiro atoms. The molecule has 30 heavy (non-hydrogen) atoms. The van der Waals surface area contributed by atoms with Gasteiger partial charge in [0.15, 0.2) is 0 Å². The van der Waals surface area contributed by atoms with Crippen molar-refractivity contribution in [1.29, 1.82) is 0 Å². The van der Waals surface area contributed by atoms with Crippen LogP contribution in [0, 0.1) is 5.82 Å². The lowest BCUT2D eigenvalue weighted by Gasteiger charge is -2.11. The molecule has 2 aromatic carbocycles. The normalized spacial score (nSPS) is 11.9. The molecule has 0 fully saturated rings. The Balaban J connectivity index is 1.32. The highest BCUT2D eigenvalue weighted by Gasteiger charge is 2.15. The van der Waals surface area contributed by atoms with Crippen molar-refractivity contribution in [3.8, 4) is 22.6 Å². The molecule has 152 valence electrons. The highest BCUT2D eigenvalue weighted by atomic mass is 19.1. The first-order chi connectivity index (χ1) is 14.6. The van der Waals surface area contributed by atoms with Crippen molar-refractivity contribution < 1.29 is 13.6 Å². The van der Waals surface area contributed by atoms with Gasteiger partial charge in [-0.1, -0.05) is 42.5 Å². The van der Waals surface area contributed by atoms with Crippen molar-refractivity contribution in [2.24, 2.45) is 0 Å². The largest absolute Gasteiger partial charge is 0.461 e. The van der Waals surface area contributed by atoms with E-state index in [0.717, 1.165) is 11.3 Å². The fourth-order valence-electron chi connectivity index (χ4n) is 3.26. The number of amides is 1. The second-order valence-corrected chi connectivity index (χ2v) is 7.08. The van der Waals surface area contributed by atoms with E-state index in [2.05, 4.69) is 15.3 Å². The third-order valence-corrected chi connectivity index (χ3v) is 4.87. The van der Waals surface area contributed by atoms with Gasteiger partial charge in [-0.15, -0.1) is 0 Å². The molecule has 0 aliphatic heterocycles. The zero-order valence-corrected chi connectivity index (χ0v) is 16.6. The summed E-state index contributed by atoms with van der Waals surface area (Å²) in [6.45, 7) is 1.88. The number of aromatic nitrogens is 2. The topological polar surface area (TPSA) is 70.9 Å². The smallest absolute Gasteiger partial charge is 0.221 e. The standard InChI is InChI=1S/C24H22FN3O2/c1-16(24-26-15-21(28-24)17-7-3-2-4-8-17)27-23(29)14-12-18-11-13-22(30-18)19-9-5-6-10-20(19)25/h2-11,13,15-16H,12,14H2,1H3,(H,26,28)(H,27,29). The van der Waals surface area contributed by atoms with E-state index in [1.54, 1.807) is 36.5 Å². The zero-order valence-electron chi connectivity index (χ0n) is 16.6. The van der Waals surface area contributed by atoms with Crippen molar-refractivity contribution in [2.45, 2.75) is 25.8 Å². The molecule has 4 rings (SSSR count). The van der Waals surface area contributed by atoms with Crippen LogP contribution in [0.5, 0.6) is 0 Å². The molecule has 2 N–H and O–H groups in total. The molecule has 0 bridgehead atoms. The number of nitrogens with one attached hydrogen (secondary N) is 2. The first kappa shape index (κ1) is 19.6.